The van der Waals surface area contributed by atoms with E-state index in [0.29, 0.717) is 5.54 Å². The predicted molar refractivity (Wildman–Crippen MR) is 82.4 cm³/mol. The minimum Gasteiger partial charge on any atom is -0.329 e. The number of rotatable bonds is 5. The number of hydrogen-bond donors (Lipinski definition) is 1. The zero-order valence-corrected chi connectivity index (χ0v) is 12.6. The molecule has 2 fully saturated rings. The van der Waals surface area contributed by atoms with E-state index in [0.717, 1.165) is 19.1 Å². The first-order valence-corrected chi connectivity index (χ1v) is 8.71. The molecule has 19 heavy (non-hydrogen) atoms. The molecule has 1 aromatic rings. The first-order valence-electron chi connectivity index (χ1n) is 7.83. The summed E-state index contributed by atoms with van der Waals surface area (Å²) < 4.78 is 0. The second-order valence-corrected chi connectivity index (χ2v) is 7.31. The molecule has 106 valence electrons. The summed E-state index contributed by atoms with van der Waals surface area (Å²) in [6.45, 7) is 1.97. The standard InChI is InChI=1S/C16H26N2S/c17-13-16(9-3-1-2-4-10-16)18(14-7-8-14)12-15-6-5-11-19-15/h5-6,11,14H,1-4,7-10,12-13,17H2. The van der Waals surface area contributed by atoms with E-state index < -0.39 is 0 Å². The second kappa shape index (κ2) is 5.94. The molecule has 1 heterocycles. The largest absolute Gasteiger partial charge is 0.329 e. The lowest BCUT2D eigenvalue weighted by Crippen LogP contribution is -2.54. The van der Waals surface area contributed by atoms with Crippen molar-refractivity contribution in [3.8, 4) is 0 Å². The molecule has 1 aromatic heterocycles. The van der Waals surface area contributed by atoms with Gasteiger partial charge < -0.3 is 5.73 Å². The molecule has 0 bridgehead atoms. The van der Waals surface area contributed by atoms with E-state index in [9.17, 15) is 0 Å². The quantitative estimate of drug-likeness (QED) is 0.831. The molecule has 0 atom stereocenters. The van der Waals surface area contributed by atoms with Gasteiger partial charge in [-0.1, -0.05) is 31.7 Å². The van der Waals surface area contributed by atoms with Gasteiger partial charge in [-0.05, 0) is 37.1 Å². The van der Waals surface area contributed by atoms with Gasteiger partial charge in [0.1, 0.15) is 0 Å². The molecule has 2 nitrogen and oxygen atoms in total. The van der Waals surface area contributed by atoms with E-state index in [-0.39, 0.29) is 0 Å². The summed E-state index contributed by atoms with van der Waals surface area (Å²) in [6, 6.07) is 5.26. The number of nitrogens with two attached hydrogens (primary N) is 1. The van der Waals surface area contributed by atoms with Crippen molar-refractivity contribution in [1.82, 2.24) is 4.90 Å². The van der Waals surface area contributed by atoms with E-state index in [1.165, 1.54) is 56.2 Å². The Labute approximate surface area is 121 Å². The molecule has 0 aliphatic heterocycles. The Morgan fingerprint density at radius 1 is 1.21 bits per heavy atom. The molecule has 3 rings (SSSR count). The van der Waals surface area contributed by atoms with E-state index in [1.54, 1.807) is 0 Å². The fourth-order valence-electron chi connectivity index (χ4n) is 3.64. The molecular weight excluding hydrogens is 252 g/mol. The van der Waals surface area contributed by atoms with Crippen LogP contribution in [0.15, 0.2) is 17.5 Å². The first-order chi connectivity index (χ1) is 9.34. The van der Waals surface area contributed by atoms with Crippen molar-refractivity contribution < 1.29 is 0 Å². The average molecular weight is 278 g/mol. The molecule has 0 radical (unpaired) electrons. The van der Waals surface area contributed by atoms with Crippen molar-refractivity contribution in [1.29, 1.82) is 0 Å². The number of thiophene rings is 1. The zero-order valence-electron chi connectivity index (χ0n) is 11.8. The monoisotopic (exact) mass is 278 g/mol. The van der Waals surface area contributed by atoms with Crippen LogP contribution in [-0.2, 0) is 6.54 Å². The van der Waals surface area contributed by atoms with E-state index in [1.807, 2.05) is 11.3 Å². The summed E-state index contributed by atoms with van der Waals surface area (Å²) in [5.41, 5.74) is 6.56. The molecule has 0 saturated heterocycles. The highest BCUT2D eigenvalue weighted by Gasteiger charge is 2.43. The lowest BCUT2D eigenvalue weighted by Gasteiger charge is -2.43. The van der Waals surface area contributed by atoms with Crippen molar-refractivity contribution >= 4 is 11.3 Å². The SMILES string of the molecule is NCC1(N(Cc2cccs2)C2CC2)CCCCCC1. The van der Waals surface area contributed by atoms with Gasteiger partial charge in [-0.15, -0.1) is 11.3 Å². The Kier molecular flexibility index (Phi) is 4.25. The summed E-state index contributed by atoms with van der Waals surface area (Å²) >= 11 is 1.89. The molecule has 0 spiro atoms. The third kappa shape index (κ3) is 3.04. The topological polar surface area (TPSA) is 29.3 Å². The molecule has 2 saturated carbocycles. The number of hydrogen-bond acceptors (Lipinski definition) is 3. The Balaban J connectivity index is 1.79. The minimum atomic E-state index is 0.293. The summed E-state index contributed by atoms with van der Waals surface area (Å²) in [4.78, 5) is 4.29. The van der Waals surface area contributed by atoms with Crippen LogP contribution in [-0.4, -0.2) is 23.0 Å². The van der Waals surface area contributed by atoms with Crippen molar-refractivity contribution in [2.24, 2.45) is 5.73 Å². The van der Waals surface area contributed by atoms with Crippen LogP contribution in [0.2, 0.25) is 0 Å². The van der Waals surface area contributed by atoms with Crippen LogP contribution in [0.25, 0.3) is 0 Å². The summed E-state index contributed by atoms with van der Waals surface area (Å²) in [5, 5.41) is 2.20. The maximum absolute atomic E-state index is 6.26. The molecule has 3 heteroatoms. The molecule has 0 aromatic carbocycles. The maximum Gasteiger partial charge on any atom is 0.0338 e. The highest BCUT2D eigenvalue weighted by molar-refractivity contribution is 7.09. The van der Waals surface area contributed by atoms with Crippen LogP contribution in [0.1, 0.15) is 56.2 Å². The van der Waals surface area contributed by atoms with Crippen molar-refractivity contribution in [2.45, 2.75) is 69.5 Å². The van der Waals surface area contributed by atoms with E-state index in [4.69, 9.17) is 5.73 Å². The Morgan fingerprint density at radius 3 is 2.47 bits per heavy atom. The molecule has 2 aliphatic rings. The molecule has 2 N–H and O–H groups in total. The van der Waals surface area contributed by atoms with Crippen LogP contribution in [0.5, 0.6) is 0 Å². The van der Waals surface area contributed by atoms with Crippen LogP contribution in [0, 0.1) is 0 Å². The van der Waals surface area contributed by atoms with Gasteiger partial charge in [0.15, 0.2) is 0 Å². The highest BCUT2D eigenvalue weighted by atomic mass is 32.1. The van der Waals surface area contributed by atoms with E-state index in [2.05, 4.69) is 22.4 Å². The highest BCUT2D eigenvalue weighted by Crippen LogP contribution is 2.41. The predicted octanol–water partition coefficient (Wildman–Crippen LogP) is 3.76. The molecule has 2 aliphatic carbocycles. The first kappa shape index (κ1) is 13.6. The third-order valence-corrected chi connectivity index (χ3v) is 5.78. The normalized spacial score (nSPS) is 23.5. The number of nitrogens with zero attached hydrogens (tertiary/aromatic N) is 1. The third-order valence-electron chi connectivity index (χ3n) is 4.92. The van der Waals surface area contributed by atoms with Gasteiger partial charge >= 0.3 is 0 Å². The van der Waals surface area contributed by atoms with E-state index >= 15 is 0 Å². The lowest BCUT2D eigenvalue weighted by atomic mass is 9.87. The molecule has 0 amide bonds. The van der Waals surface area contributed by atoms with Crippen molar-refractivity contribution in [2.75, 3.05) is 6.54 Å². The van der Waals surface area contributed by atoms with Gasteiger partial charge in [-0.3, -0.25) is 4.90 Å². The zero-order chi connectivity index (χ0) is 13.1. The van der Waals surface area contributed by atoms with Crippen LogP contribution < -0.4 is 5.73 Å². The fourth-order valence-corrected chi connectivity index (χ4v) is 4.34. The van der Waals surface area contributed by atoms with Crippen molar-refractivity contribution in [3.05, 3.63) is 22.4 Å². The molecule has 0 unspecified atom stereocenters. The van der Waals surface area contributed by atoms with Gasteiger partial charge in [0, 0.05) is 29.5 Å². The fraction of sp³-hybridized carbons (Fsp3) is 0.750. The van der Waals surface area contributed by atoms with Crippen LogP contribution in [0.4, 0.5) is 0 Å². The lowest BCUT2D eigenvalue weighted by molar-refractivity contribution is 0.0621. The Morgan fingerprint density at radius 2 is 1.95 bits per heavy atom. The average Bonchev–Trinajstić information content (AvgIpc) is 3.20. The minimum absolute atomic E-state index is 0.293. The summed E-state index contributed by atoms with van der Waals surface area (Å²) in [7, 11) is 0. The van der Waals surface area contributed by atoms with Gasteiger partial charge in [0.2, 0.25) is 0 Å². The van der Waals surface area contributed by atoms with Gasteiger partial charge in [-0.25, -0.2) is 0 Å². The second-order valence-electron chi connectivity index (χ2n) is 6.28. The maximum atomic E-state index is 6.26. The molecular formula is C16H26N2S. The van der Waals surface area contributed by atoms with Gasteiger partial charge in [-0.2, -0.15) is 0 Å². The summed E-state index contributed by atoms with van der Waals surface area (Å²) in [5.74, 6) is 0. The van der Waals surface area contributed by atoms with Gasteiger partial charge in [0.25, 0.3) is 0 Å². The Hall–Kier alpha value is -0.380. The van der Waals surface area contributed by atoms with Crippen molar-refractivity contribution in [3.63, 3.8) is 0 Å². The van der Waals surface area contributed by atoms with Gasteiger partial charge in [0.05, 0.1) is 0 Å². The van der Waals surface area contributed by atoms with Crippen LogP contribution in [0.3, 0.4) is 0 Å². The van der Waals surface area contributed by atoms with Crippen LogP contribution >= 0.6 is 11.3 Å². The Bertz CT molecular complexity index is 375. The smallest absolute Gasteiger partial charge is 0.0338 e. The summed E-state index contributed by atoms with van der Waals surface area (Å²) in [6.07, 6.45) is 10.9.